The molecule has 1 heterocycles. The quantitative estimate of drug-likeness (QED) is 0.863. The van der Waals surface area contributed by atoms with Crippen LogP contribution >= 0.6 is 0 Å². The molecule has 0 saturated carbocycles. The molecule has 1 atom stereocenters. The van der Waals surface area contributed by atoms with Crippen molar-refractivity contribution in [3.8, 4) is 5.75 Å². The van der Waals surface area contributed by atoms with Crippen molar-refractivity contribution >= 4 is 17.3 Å². The third-order valence-electron chi connectivity index (χ3n) is 4.45. The number of rotatable bonds is 6. The Kier molecular flexibility index (Phi) is 6.12. The fourth-order valence-corrected chi connectivity index (χ4v) is 3.11. The van der Waals surface area contributed by atoms with Gasteiger partial charge >= 0.3 is 0 Å². The van der Waals surface area contributed by atoms with Crippen molar-refractivity contribution in [1.29, 1.82) is 0 Å². The number of benzene rings is 2. The van der Waals surface area contributed by atoms with Crippen LogP contribution in [-0.2, 0) is 16.0 Å². The van der Waals surface area contributed by atoms with Crippen LogP contribution in [0.15, 0.2) is 48.5 Å². The molecule has 5 nitrogen and oxygen atoms in total. The Balaban J connectivity index is 1.55. The fraction of sp³-hybridized carbons (Fsp3) is 0.381. The summed E-state index contributed by atoms with van der Waals surface area (Å²) < 4.78 is 10.9. The first kappa shape index (κ1) is 18.3. The highest BCUT2D eigenvalue weighted by molar-refractivity contribution is 5.92. The molecule has 3 rings (SSSR count). The van der Waals surface area contributed by atoms with Gasteiger partial charge in [-0.3, -0.25) is 4.79 Å². The van der Waals surface area contributed by atoms with E-state index in [4.69, 9.17) is 9.47 Å². The molecule has 1 amide bonds. The van der Waals surface area contributed by atoms with Gasteiger partial charge in [0.25, 0.3) is 0 Å². The van der Waals surface area contributed by atoms with Crippen LogP contribution in [0.4, 0.5) is 11.4 Å². The van der Waals surface area contributed by atoms with Gasteiger partial charge in [-0.1, -0.05) is 12.1 Å². The number of nitrogens with zero attached hydrogens (tertiary/aromatic N) is 1. The lowest BCUT2D eigenvalue weighted by Crippen LogP contribution is -2.43. The van der Waals surface area contributed by atoms with Gasteiger partial charge in [0.1, 0.15) is 5.75 Å². The molecule has 138 valence electrons. The van der Waals surface area contributed by atoms with Crippen LogP contribution in [0.3, 0.4) is 0 Å². The van der Waals surface area contributed by atoms with E-state index in [9.17, 15) is 4.79 Å². The maximum Gasteiger partial charge on any atom is 0.228 e. The summed E-state index contributed by atoms with van der Waals surface area (Å²) in [7, 11) is 0. The van der Waals surface area contributed by atoms with E-state index in [1.54, 1.807) is 0 Å². The first-order valence-electron chi connectivity index (χ1n) is 9.11. The summed E-state index contributed by atoms with van der Waals surface area (Å²) in [6.45, 7) is 7.15. The molecule has 5 heteroatoms. The lowest BCUT2D eigenvalue weighted by molar-refractivity contribution is -0.115. The van der Waals surface area contributed by atoms with Gasteiger partial charge in [-0.2, -0.15) is 0 Å². The van der Waals surface area contributed by atoms with E-state index < -0.39 is 0 Å². The van der Waals surface area contributed by atoms with Crippen molar-refractivity contribution < 1.29 is 14.3 Å². The van der Waals surface area contributed by atoms with Crippen molar-refractivity contribution in [3.05, 3.63) is 54.1 Å². The van der Waals surface area contributed by atoms with Crippen LogP contribution in [0.2, 0.25) is 0 Å². The van der Waals surface area contributed by atoms with E-state index >= 15 is 0 Å². The molecule has 1 aliphatic rings. The third kappa shape index (κ3) is 4.76. The summed E-state index contributed by atoms with van der Waals surface area (Å²) in [5.41, 5.74) is 2.93. The van der Waals surface area contributed by atoms with Crippen LogP contribution in [0.5, 0.6) is 5.75 Å². The van der Waals surface area contributed by atoms with Crippen molar-refractivity contribution in [2.45, 2.75) is 26.3 Å². The van der Waals surface area contributed by atoms with Gasteiger partial charge < -0.3 is 19.7 Å². The number of anilines is 2. The zero-order valence-corrected chi connectivity index (χ0v) is 15.4. The molecule has 0 bridgehead atoms. The van der Waals surface area contributed by atoms with E-state index in [1.165, 1.54) is 0 Å². The number of carbonyl (C=O) groups is 1. The lowest BCUT2D eigenvalue weighted by Gasteiger charge is -2.35. The van der Waals surface area contributed by atoms with E-state index in [-0.39, 0.29) is 5.91 Å². The number of hydrogen-bond acceptors (Lipinski definition) is 4. The highest BCUT2D eigenvalue weighted by atomic mass is 16.5. The molecule has 1 N–H and O–H groups in total. The highest BCUT2D eigenvalue weighted by Gasteiger charge is 2.18. The van der Waals surface area contributed by atoms with E-state index in [1.807, 2.05) is 55.5 Å². The molecule has 1 saturated heterocycles. The second kappa shape index (κ2) is 8.72. The number of morpholine rings is 1. The molecular formula is C21H26N2O3. The predicted octanol–water partition coefficient (Wildman–Crippen LogP) is 3.49. The van der Waals surface area contributed by atoms with Crippen LogP contribution < -0.4 is 15.0 Å². The Hall–Kier alpha value is -2.53. The smallest absolute Gasteiger partial charge is 0.228 e. The van der Waals surface area contributed by atoms with E-state index in [0.29, 0.717) is 19.1 Å². The Morgan fingerprint density at radius 1 is 1.19 bits per heavy atom. The Labute approximate surface area is 154 Å². The number of amides is 1. The minimum Gasteiger partial charge on any atom is -0.494 e. The van der Waals surface area contributed by atoms with E-state index in [2.05, 4.69) is 17.1 Å². The molecule has 2 aromatic carbocycles. The molecule has 1 unspecified atom stereocenters. The topological polar surface area (TPSA) is 50.8 Å². The van der Waals surface area contributed by atoms with Gasteiger partial charge in [0.05, 0.1) is 26.2 Å². The van der Waals surface area contributed by atoms with Gasteiger partial charge in [-0.15, -0.1) is 0 Å². The van der Waals surface area contributed by atoms with Crippen molar-refractivity contribution in [2.24, 2.45) is 0 Å². The maximum atomic E-state index is 12.3. The largest absolute Gasteiger partial charge is 0.494 e. The molecule has 1 fully saturated rings. The van der Waals surface area contributed by atoms with Crippen LogP contribution in [-0.4, -0.2) is 38.3 Å². The Bertz CT molecular complexity index is 713. The number of ether oxygens (including phenoxy) is 2. The summed E-state index contributed by atoms with van der Waals surface area (Å²) in [6.07, 6.45) is 0.342. The average Bonchev–Trinajstić information content (AvgIpc) is 2.65. The summed E-state index contributed by atoms with van der Waals surface area (Å²) in [6, 6.07) is 16.0. The van der Waals surface area contributed by atoms with Crippen molar-refractivity contribution in [3.63, 3.8) is 0 Å². The number of nitrogens with one attached hydrogen (secondary N) is 1. The average molecular weight is 354 g/mol. The normalized spacial score (nSPS) is 17.0. The lowest BCUT2D eigenvalue weighted by atomic mass is 10.1. The second-order valence-corrected chi connectivity index (χ2v) is 6.47. The zero-order valence-electron chi connectivity index (χ0n) is 15.4. The molecule has 0 aromatic heterocycles. The van der Waals surface area contributed by atoms with Gasteiger partial charge in [-0.05, 0) is 55.8 Å². The first-order chi connectivity index (χ1) is 12.7. The summed E-state index contributed by atoms with van der Waals surface area (Å²) in [5.74, 6) is 0.797. The Morgan fingerprint density at radius 3 is 2.58 bits per heavy atom. The predicted molar refractivity (Wildman–Crippen MR) is 104 cm³/mol. The standard InChI is InChI=1S/C21H26N2O3/c1-3-26-20-10-4-17(5-11-20)14-21(24)22-18-6-8-19(9-7-18)23-12-13-25-15-16(23)2/h4-11,16H,3,12-15H2,1-2H3,(H,22,24). The zero-order chi connectivity index (χ0) is 18.4. The van der Waals surface area contributed by atoms with Crippen molar-refractivity contribution in [1.82, 2.24) is 0 Å². The number of carbonyl (C=O) groups excluding carboxylic acids is 1. The SMILES string of the molecule is CCOc1ccc(CC(=O)Nc2ccc(N3CCOCC3C)cc2)cc1. The van der Waals surface area contributed by atoms with Gasteiger partial charge in [-0.25, -0.2) is 0 Å². The van der Waals surface area contributed by atoms with Gasteiger partial charge in [0.2, 0.25) is 5.91 Å². The molecule has 2 aromatic rings. The number of hydrogen-bond donors (Lipinski definition) is 1. The molecule has 0 radical (unpaired) electrons. The van der Waals surface area contributed by atoms with Crippen LogP contribution in [0, 0.1) is 0 Å². The van der Waals surface area contributed by atoms with Gasteiger partial charge in [0, 0.05) is 24.0 Å². The maximum absolute atomic E-state index is 12.3. The van der Waals surface area contributed by atoms with Crippen LogP contribution in [0.25, 0.3) is 0 Å². The molecule has 0 aliphatic carbocycles. The first-order valence-corrected chi connectivity index (χ1v) is 9.11. The third-order valence-corrected chi connectivity index (χ3v) is 4.45. The minimum absolute atomic E-state index is 0.0262. The fourth-order valence-electron chi connectivity index (χ4n) is 3.11. The van der Waals surface area contributed by atoms with Crippen LogP contribution in [0.1, 0.15) is 19.4 Å². The summed E-state index contributed by atoms with van der Waals surface area (Å²) >= 11 is 0. The van der Waals surface area contributed by atoms with Crippen molar-refractivity contribution in [2.75, 3.05) is 36.6 Å². The minimum atomic E-state index is -0.0262. The van der Waals surface area contributed by atoms with E-state index in [0.717, 1.165) is 42.4 Å². The summed E-state index contributed by atoms with van der Waals surface area (Å²) in [5, 5.41) is 2.96. The molecule has 1 aliphatic heterocycles. The molecule has 0 spiro atoms. The molecular weight excluding hydrogens is 328 g/mol. The monoisotopic (exact) mass is 354 g/mol. The Morgan fingerprint density at radius 2 is 1.92 bits per heavy atom. The molecule has 26 heavy (non-hydrogen) atoms. The second-order valence-electron chi connectivity index (χ2n) is 6.47. The summed E-state index contributed by atoms with van der Waals surface area (Å²) in [4.78, 5) is 14.6. The van der Waals surface area contributed by atoms with Gasteiger partial charge in [0.15, 0.2) is 0 Å². The highest BCUT2D eigenvalue weighted by Crippen LogP contribution is 2.22.